The van der Waals surface area contributed by atoms with Crippen molar-refractivity contribution < 1.29 is 4.79 Å². The highest BCUT2D eigenvalue weighted by Crippen LogP contribution is 2.32. The monoisotopic (exact) mass is 460 g/mol. The summed E-state index contributed by atoms with van der Waals surface area (Å²) in [6, 6.07) is 9.40. The van der Waals surface area contributed by atoms with E-state index >= 15 is 0 Å². The first kappa shape index (κ1) is 22.4. The van der Waals surface area contributed by atoms with Crippen LogP contribution in [0.3, 0.4) is 0 Å². The molecule has 0 saturated heterocycles. The first-order valence-corrected chi connectivity index (χ1v) is 11.5. The second kappa shape index (κ2) is 9.00. The van der Waals surface area contributed by atoms with E-state index in [-0.39, 0.29) is 11.1 Å². The Morgan fingerprint density at radius 2 is 2.00 bits per heavy atom. The Balaban J connectivity index is 1.74. The average molecular weight is 461 g/mol. The van der Waals surface area contributed by atoms with E-state index in [0.717, 1.165) is 11.1 Å². The smallest absolute Gasteiger partial charge is 0.263 e. The number of aryl methyl sites for hydroxylation is 1. The average Bonchev–Trinajstić information content (AvgIpc) is 3.40. The molecular formula is C24H24N6O2S. The second-order valence-corrected chi connectivity index (χ2v) is 8.98. The number of benzene rings is 1. The van der Waals surface area contributed by atoms with Crippen LogP contribution in [0.4, 0.5) is 5.82 Å². The van der Waals surface area contributed by atoms with Gasteiger partial charge in [-0.25, -0.2) is 4.98 Å². The van der Waals surface area contributed by atoms with Gasteiger partial charge in [-0.2, -0.15) is 10.4 Å². The molecule has 1 amide bonds. The molecule has 0 spiro atoms. The van der Waals surface area contributed by atoms with E-state index in [4.69, 9.17) is 0 Å². The molecule has 1 unspecified atom stereocenters. The van der Waals surface area contributed by atoms with E-state index in [1.807, 2.05) is 30.5 Å². The van der Waals surface area contributed by atoms with Crippen molar-refractivity contribution in [2.75, 3.05) is 5.32 Å². The van der Waals surface area contributed by atoms with Gasteiger partial charge in [-0.1, -0.05) is 45.0 Å². The van der Waals surface area contributed by atoms with Gasteiger partial charge in [0.25, 0.3) is 5.56 Å². The van der Waals surface area contributed by atoms with Crippen LogP contribution >= 0.6 is 11.3 Å². The molecule has 3 heterocycles. The highest BCUT2D eigenvalue weighted by atomic mass is 32.1. The van der Waals surface area contributed by atoms with Gasteiger partial charge in [0.15, 0.2) is 0 Å². The lowest BCUT2D eigenvalue weighted by Gasteiger charge is -2.18. The molecular weight excluding hydrogens is 436 g/mol. The summed E-state index contributed by atoms with van der Waals surface area (Å²) in [6.45, 7) is 6.10. The standard InChI is InChI=1S/C24H24N6O2S/c1-5-19(22(31)28-21-17(10-25)11-27-29(21)4)30-13-26-23-20(24(30)32)18(12-33-23)16-8-6-15(7-9-16)14(2)3/h6-9,11-14,19H,5H2,1-4H3,(H,28,31). The predicted molar refractivity (Wildman–Crippen MR) is 129 cm³/mol. The number of nitrogens with zero attached hydrogens (tertiary/aromatic N) is 5. The summed E-state index contributed by atoms with van der Waals surface area (Å²) >= 11 is 1.41. The first-order valence-electron chi connectivity index (χ1n) is 10.7. The van der Waals surface area contributed by atoms with Gasteiger partial charge < -0.3 is 5.32 Å². The molecule has 168 valence electrons. The van der Waals surface area contributed by atoms with Crippen LogP contribution in [0.1, 0.15) is 50.3 Å². The van der Waals surface area contributed by atoms with Crippen molar-refractivity contribution in [3.63, 3.8) is 0 Å². The number of nitrogens with one attached hydrogen (secondary N) is 1. The zero-order valence-electron chi connectivity index (χ0n) is 18.9. The largest absolute Gasteiger partial charge is 0.308 e. The molecule has 9 heteroatoms. The maximum Gasteiger partial charge on any atom is 0.263 e. The van der Waals surface area contributed by atoms with E-state index in [0.29, 0.717) is 28.4 Å². The van der Waals surface area contributed by atoms with Crippen LogP contribution in [-0.2, 0) is 11.8 Å². The number of fused-ring (bicyclic) bond motifs is 1. The number of amides is 1. The Hall–Kier alpha value is -3.77. The number of anilines is 1. The molecule has 0 radical (unpaired) electrons. The summed E-state index contributed by atoms with van der Waals surface area (Å²) in [6.07, 6.45) is 3.19. The minimum absolute atomic E-state index is 0.256. The molecule has 0 aliphatic rings. The van der Waals surface area contributed by atoms with Crippen LogP contribution < -0.4 is 10.9 Å². The molecule has 33 heavy (non-hydrogen) atoms. The number of carbonyl (C=O) groups excluding carboxylic acids is 1. The lowest BCUT2D eigenvalue weighted by Crippen LogP contribution is -2.33. The summed E-state index contributed by atoms with van der Waals surface area (Å²) in [5.41, 5.74) is 2.96. The normalized spacial score (nSPS) is 12.1. The van der Waals surface area contributed by atoms with Crippen LogP contribution in [0.2, 0.25) is 0 Å². The summed E-state index contributed by atoms with van der Waals surface area (Å²) in [7, 11) is 1.64. The van der Waals surface area contributed by atoms with Crippen LogP contribution in [0, 0.1) is 11.3 Å². The Kier molecular flexibility index (Phi) is 6.11. The van der Waals surface area contributed by atoms with Gasteiger partial charge in [0.1, 0.15) is 28.3 Å². The van der Waals surface area contributed by atoms with Gasteiger partial charge in [0.2, 0.25) is 5.91 Å². The maximum absolute atomic E-state index is 13.5. The van der Waals surface area contributed by atoms with Crippen LogP contribution in [0.25, 0.3) is 21.3 Å². The van der Waals surface area contributed by atoms with Crippen molar-refractivity contribution in [1.29, 1.82) is 5.26 Å². The van der Waals surface area contributed by atoms with E-state index < -0.39 is 11.9 Å². The molecule has 4 aromatic rings. The fraction of sp³-hybridized carbons (Fsp3) is 0.292. The zero-order chi connectivity index (χ0) is 23.7. The third kappa shape index (κ3) is 4.05. The van der Waals surface area contributed by atoms with Crippen molar-refractivity contribution >= 4 is 33.3 Å². The van der Waals surface area contributed by atoms with E-state index in [9.17, 15) is 14.9 Å². The number of nitriles is 1. The number of aromatic nitrogens is 4. The summed E-state index contributed by atoms with van der Waals surface area (Å²) in [5.74, 6) is 0.311. The zero-order valence-corrected chi connectivity index (χ0v) is 19.7. The Labute approximate surface area is 195 Å². The Morgan fingerprint density at radius 1 is 1.27 bits per heavy atom. The summed E-state index contributed by atoms with van der Waals surface area (Å²) in [4.78, 5) is 31.7. The summed E-state index contributed by atoms with van der Waals surface area (Å²) < 4.78 is 2.80. The molecule has 0 fully saturated rings. The molecule has 0 bridgehead atoms. The molecule has 1 N–H and O–H groups in total. The van der Waals surface area contributed by atoms with Crippen molar-refractivity contribution in [3.8, 4) is 17.2 Å². The molecule has 0 aliphatic heterocycles. The lowest BCUT2D eigenvalue weighted by atomic mass is 9.99. The molecule has 1 atom stereocenters. The quantitative estimate of drug-likeness (QED) is 0.458. The number of hydrogen-bond acceptors (Lipinski definition) is 6. The maximum atomic E-state index is 13.5. The summed E-state index contributed by atoms with van der Waals surface area (Å²) in [5, 5.41) is 18.5. The van der Waals surface area contributed by atoms with E-state index in [1.54, 1.807) is 7.05 Å². The van der Waals surface area contributed by atoms with Gasteiger partial charge in [0.05, 0.1) is 17.9 Å². The Bertz CT molecular complexity index is 1420. The fourth-order valence-electron chi connectivity index (χ4n) is 3.80. The van der Waals surface area contributed by atoms with Crippen molar-refractivity contribution in [2.45, 2.75) is 39.2 Å². The number of thiophene rings is 1. The fourth-order valence-corrected chi connectivity index (χ4v) is 4.71. The van der Waals surface area contributed by atoms with E-state index in [1.165, 1.54) is 38.7 Å². The molecule has 0 aliphatic carbocycles. The molecule has 0 saturated carbocycles. The topological polar surface area (TPSA) is 106 Å². The van der Waals surface area contributed by atoms with Crippen molar-refractivity contribution in [1.82, 2.24) is 19.3 Å². The van der Waals surface area contributed by atoms with Crippen molar-refractivity contribution in [3.05, 3.63) is 63.7 Å². The molecule has 3 aromatic heterocycles. The first-order chi connectivity index (χ1) is 15.8. The predicted octanol–water partition coefficient (Wildman–Crippen LogP) is 4.44. The highest BCUT2D eigenvalue weighted by molar-refractivity contribution is 7.17. The lowest BCUT2D eigenvalue weighted by molar-refractivity contribution is -0.119. The number of carbonyl (C=O) groups is 1. The molecule has 4 rings (SSSR count). The van der Waals surface area contributed by atoms with Crippen LogP contribution in [-0.4, -0.2) is 25.2 Å². The second-order valence-electron chi connectivity index (χ2n) is 8.12. The minimum Gasteiger partial charge on any atom is -0.308 e. The minimum atomic E-state index is -0.785. The van der Waals surface area contributed by atoms with Crippen LogP contribution in [0.5, 0.6) is 0 Å². The Morgan fingerprint density at radius 3 is 2.64 bits per heavy atom. The SMILES string of the molecule is CCC(C(=O)Nc1c(C#N)cnn1C)n1cnc2scc(-c3ccc(C(C)C)cc3)c2c1=O. The number of hydrogen-bond donors (Lipinski definition) is 1. The third-order valence-electron chi connectivity index (χ3n) is 5.73. The highest BCUT2D eigenvalue weighted by Gasteiger charge is 2.24. The number of rotatable bonds is 6. The van der Waals surface area contributed by atoms with Gasteiger partial charge >= 0.3 is 0 Å². The van der Waals surface area contributed by atoms with E-state index in [2.05, 4.69) is 41.4 Å². The van der Waals surface area contributed by atoms with Crippen molar-refractivity contribution in [2.24, 2.45) is 7.05 Å². The van der Waals surface area contributed by atoms with Gasteiger partial charge in [0, 0.05) is 18.0 Å². The third-order valence-corrected chi connectivity index (χ3v) is 6.62. The van der Waals surface area contributed by atoms with Gasteiger partial charge in [-0.3, -0.25) is 18.8 Å². The van der Waals surface area contributed by atoms with Gasteiger partial charge in [-0.05, 0) is 23.5 Å². The van der Waals surface area contributed by atoms with Crippen LogP contribution in [0.15, 0.2) is 47.0 Å². The molecule has 8 nitrogen and oxygen atoms in total. The molecule has 1 aromatic carbocycles. The van der Waals surface area contributed by atoms with Gasteiger partial charge in [-0.15, -0.1) is 11.3 Å².